The summed E-state index contributed by atoms with van der Waals surface area (Å²) >= 11 is 0. The molecule has 0 fully saturated rings. The number of hydrogen-bond acceptors (Lipinski definition) is 0. The summed E-state index contributed by atoms with van der Waals surface area (Å²) in [6.45, 7) is 4.31. The molecule has 0 saturated carbocycles. The molecule has 0 heteroatoms. The SMILES string of the molecule is C/C=C/CCc1ccc2cc(-c3ccc(CCC)cc3)ccc2c1. The molecule has 0 unspecified atom stereocenters. The fourth-order valence-electron chi connectivity index (χ4n) is 3.20. The second-order valence-electron chi connectivity index (χ2n) is 6.45. The summed E-state index contributed by atoms with van der Waals surface area (Å²) in [6, 6.07) is 22.7. The maximum Gasteiger partial charge on any atom is -0.0178 e. The monoisotopic (exact) mass is 314 g/mol. The van der Waals surface area contributed by atoms with Crippen LogP contribution in [0.25, 0.3) is 21.9 Å². The van der Waals surface area contributed by atoms with Gasteiger partial charge in [-0.1, -0.05) is 80.1 Å². The third kappa shape index (κ3) is 3.94. The first-order valence-electron chi connectivity index (χ1n) is 9.03. The molecule has 3 aromatic rings. The smallest absolute Gasteiger partial charge is 0.0178 e. The third-order valence-corrected chi connectivity index (χ3v) is 4.57. The van der Waals surface area contributed by atoms with Gasteiger partial charge in [0.15, 0.2) is 0 Å². The Morgan fingerprint density at radius 2 is 1.38 bits per heavy atom. The number of fused-ring (bicyclic) bond motifs is 1. The summed E-state index contributed by atoms with van der Waals surface area (Å²) in [4.78, 5) is 0. The predicted molar refractivity (Wildman–Crippen MR) is 107 cm³/mol. The van der Waals surface area contributed by atoms with Gasteiger partial charge in [0, 0.05) is 0 Å². The molecule has 0 aliphatic rings. The highest BCUT2D eigenvalue weighted by atomic mass is 14.1. The Bertz CT molecular complexity index is 822. The van der Waals surface area contributed by atoms with E-state index in [9.17, 15) is 0 Å². The first-order chi connectivity index (χ1) is 11.8. The fraction of sp³-hybridized carbons (Fsp3) is 0.250. The van der Waals surface area contributed by atoms with Crippen LogP contribution in [0.1, 0.15) is 37.8 Å². The zero-order valence-corrected chi connectivity index (χ0v) is 14.8. The molecule has 3 rings (SSSR count). The van der Waals surface area contributed by atoms with Crippen LogP contribution in [0.4, 0.5) is 0 Å². The fourth-order valence-corrected chi connectivity index (χ4v) is 3.20. The number of allylic oxidation sites excluding steroid dienone is 2. The van der Waals surface area contributed by atoms with Gasteiger partial charge < -0.3 is 0 Å². The van der Waals surface area contributed by atoms with Gasteiger partial charge in [0.05, 0.1) is 0 Å². The van der Waals surface area contributed by atoms with Crippen molar-refractivity contribution >= 4 is 10.8 Å². The molecule has 0 spiro atoms. The van der Waals surface area contributed by atoms with Crippen LogP contribution < -0.4 is 0 Å². The molecule has 24 heavy (non-hydrogen) atoms. The molecule has 0 radical (unpaired) electrons. The van der Waals surface area contributed by atoms with Gasteiger partial charge in [-0.25, -0.2) is 0 Å². The average Bonchev–Trinajstić information content (AvgIpc) is 2.62. The highest BCUT2D eigenvalue weighted by molar-refractivity contribution is 5.87. The topological polar surface area (TPSA) is 0 Å². The lowest BCUT2D eigenvalue weighted by molar-refractivity contribution is 0.922. The van der Waals surface area contributed by atoms with Crippen molar-refractivity contribution in [2.75, 3.05) is 0 Å². The second kappa shape index (κ2) is 7.97. The maximum atomic E-state index is 2.33. The molecule has 0 nitrogen and oxygen atoms in total. The van der Waals surface area contributed by atoms with E-state index < -0.39 is 0 Å². The molecule has 0 atom stereocenters. The number of benzene rings is 3. The summed E-state index contributed by atoms with van der Waals surface area (Å²) < 4.78 is 0. The van der Waals surface area contributed by atoms with E-state index in [0.29, 0.717) is 0 Å². The maximum absolute atomic E-state index is 2.33. The average molecular weight is 314 g/mol. The van der Waals surface area contributed by atoms with Gasteiger partial charge in [-0.15, -0.1) is 0 Å². The molecule has 0 bridgehead atoms. The van der Waals surface area contributed by atoms with Gasteiger partial charge in [0.1, 0.15) is 0 Å². The van der Waals surface area contributed by atoms with Crippen molar-refractivity contribution in [3.63, 3.8) is 0 Å². The first kappa shape index (κ1) is 16.5. The van der Waals surface area contributed by atoms with Gasteiger partial charge in [0.2, 0.25) is 0 Å². The Morgan fingerprint density at radius 3 is 2.12 bits per heavy atom. The van der Waals surface area contributed by atoms with Crippen LogP contribution in [-0.2, 0) is 12.8 Å². The number of rotatable bonds is 6. The van der Waals surface area contributed by atoms with Crippen molar-refractivity contribution in [3.05, 3.63) is 83.9 Å². The predicted octanol–water partition coefficient (Wildman–Crippen LogP) is 6.97. The highest BCUT2D eigenvalue weighted by Crippen LogP contribution is 2.26. The van der Waals surface area contributed by atoms with Crippen molar-refractivity contribution in [1.82, 2.24) is 0 Å². The molecular weight excluding hydrogens is 288 g/mol. The minimum atomic E-state index is 1.11. The number of hydrogen-bond donors (Lipinski definition) is 0. The lowest BCUT2D eigenvalue weighted by atomic mass is 9.98. The van der Waals surface area contributed by atoms with Crippen LogP contribution in [0.15, 0.2) is 72.8 Å². The Kier molecular flexibility index (Phi) is 5.48. The van der Waals surface area contributed by atoms with Crippen LogP contribution in [-0.4, -0.2) is 0 Å². The van der Waals surface area contributed by atoms with Crippen LogP contribution in [0, 0.1) is 0 Å². The van der Waals surface area contributed by atoms with Gasteiger partial charge in [0.25, 0.3) is 0 Å². The van der Waals surface area contributed by atoms with Crippen LogP contribution >= 0.6 is 0 Å². The summed E-state index contributed by atoms with van der Waals surface area (Å²) in [6.07, 6.45) is 8.94. The summed E-state index contributed by atoms with van der Waals surface area (Å²) in [5.74, 6) is 0. The largest absolute Gasteiger partial charge is 0.0917 e. The van der Waals surface area contributed by atoms with E-state index >= 15 is 0 Å². The van der Waals surface area contributed by atoms with Gasteiger partial charge in [-0.05, 0) is 65.3 Å². The molecule has 0 heterocycles. The first-order valence-corrected chi connectivity index (χ1v) is 9.03. The lowest BCUT2D eigenvalue weighted by Gasteiger charge is -2.07. The molecule has 0 amide bonds. The molecule has 0 aromatic heterocycles. The van der Waals surface area contributed by atoms with Gasteiger partial charge in [-0.3, -0.25) is 0 Å². The quantitative estimate of drug-likeness (QED) is 0.431. The van der Waals surface area contributed by atoms with Crippen molar-refractivity contribution in [3.8, 4) is 11.1 Å². The van der Waals surface area contributed by atoms with Crippen molar-refractivity contribution in [1.29, 1.82) is 0 Å². The molecule has 0 N–H and O–H groups in total. The molecule has 122 valence electrons. The highest BCUT2D eigenvalue weighted by Gasteiger charge is 2.02. The second-order valence-corrected chi connectivity index (χ2v) is 6.45. The van der Waals surface area contributed by atoms with Crippen molar-refractivity contribution in [2.24, 2.45) is 0 Å². The minimum absolute atomic E-state index is 1.11. The van der Waals surface area contributed by atoms with Crippen molar-refractivity contribution in [2.45, 2.75) is 39.5 Å². The summed E-state index contributed by atoms with van der Waals surface area (Å²) in [7, 11) is 0. The van der Waals surface area contributed by atoms with E-state index in [4.69, 9.17) is 0 Å². The summed E-state index contributed by atoms with van der Waals surface area (Å²) in [5, 5.41) is 2.65. The summed E-state index contributed by atoms with van der Waals surface area (Å²) in [5.41, 5.74) is 5.44. The Hall–Kier alpha value is -2.34. The standard InChI is InChI=1S/C24H26/c1-3-5-6-8-20-11-14-24-18-23(16-15-22(24)17-20)21-12-9-19(7-4-2)10-13-21/h3,5,9-18H,4,6-8H2,1-2H3/b5-3+. The molecule has 3 aromatic carbocycles. The minimum Gasteiger partial charge on any atom is -0.0917 e. The molecule has 0 saturated heterocycles. The zero-order chi connectivity index (χ0) is 16.8. The van der Waals surface area contributed by atoms with Gasteiger partial charge >= 0.3 is 0 Å². The molecular formula is C24H26. The Labute approximate surface area is 145 Å². The number of aryl methyl sites for hydroxylation is 2. The lowest BCUT2D eigenvalue weighted by Crippen LogP contribution is -1.86. The van der Waals surface area contributed by atoms with E-state index in [1.165, 1.54) is 39.4 Å². The van der Waals surface area contributed by atoms with Crippen molar-refractivity contribution < 1.29 is 0 Å². The van der Waals surface area contributed by atoms with E-state index in [1.807, 2.05) is 0 Å². The Morgan fingerprint density at radius 1 is 0.708 bits per heavy atom. The molecule has 0 aliphatic heterocycles. The van der Waals surface area contributed by atoms with E-state index in [2.05, 4.69) is 86.7 Å². The van der Waals surface area contributed by atoms with E-state index in [-0.39, 0.29) is 0 Å². The van der Waals surface area contributed by atoms with Crippen LogP contribution in [0.3, 0.4) is 0 Å². The molecule has 0 aliphatic carbocycles. The zero-order valence-electron chi connectivity index (χ0n) is 14.8. The Balaban J connectivity index is 1.84. The van der Waals surface area contributed by atoms with E-state index in [0.717, 1.165) is 19.3 Å². The van der Waals surface area contributed by atoms with Crippen LogP contribution in [0.5, 0.6) is 0 Å². The third-order valence-electron chi connectivity index (χ3n) is 4.57. The van der Waals surface area contributed by atoms with E-state index in [1.54, 1.807) is 0 Å². The van der Waals surface area contributed by atoms with Gasteiger partial charge in [-0.2, -0.15) is 0 Å². The normalized spacial score (nSPS) is 11.4. The van der Waals surface area contributed by atoms with Crippen LogP contribution in [0.2, 0.25) is 0 Å².